The largest absolute Gasteiger partial charge is 0.305 e. The van der Waals surface area contributed by atoms with Crippen LogP contribution in [0.2, 0.25) is 0 Å². The van der Waals surface area contributed by atoms with E-state index in [-0.39, 0.29) is 11.9 Å². The van der Waals surface area contributed by atoms with Crippen LogP contribution in [0.3, 0.4) is 0 Å². The predicted octanol–water partition coefficient (Wildman–Crippen LogP) is 4.07. The van der Waals surface area contributed by atoms with E-state index in [0.717, 1.165) is 32.9 Å². The molecule has 1 aliphatic carbocycles. The summed E-state index contributed by atoms with van der Waals surface area (Å²) >= 11 is 6.64. The average molecular weight is 349 g/mol. The van der Waals surface area contributed by atoms with E-state index in [1.54, 1.807) is 0 Å². The Morgan fingerprint density at radius 2 is 2.31 bits per heavy atom. The molecule has 86 valence electrons. The molecule has 0 radical (unpaired) electrons. The molecule has 0 heterocycles. The van der Waals surface area contributed by atoms with Crippen molar-refractivity contribution in [3.05, 3.63) is 44.6 Å². The Kier molecular flexibility index (Phi) is 3.82. The van der Waals surface area contributed by atoms with Gasteiger partial charge in [0.15, 0.2) is 0 Å². The second kappa shape index (κ2) is 4.98. The molecule has 1 N–H and O–H groups in total. The van der Waals surface area contributed by atoms with Crippen molar-refractivity contribution in [3.63, 3.8) is 0 Å². The number of hydrogen-bond acceptors (Lipinski definition) is 1. The molecule has 0 bridgehead atoms. The van der Waals surface area contributed by atoms with Crippen molar-refractivity contribution in [1.82, 2.24) is 5.32 Å². The van der Waals surface area contributed by atoms with Crippen molar-refractivity contribution in [1.29, 1.82) is 0 Å². The number of fused-ring (bicyclic) bond motifs is 1. The summed E-state index contributed by atoms with van der Waals surface area (Å²) in [5, 5.41) is 3.36. The zero-order chi connectivity index (χ0) is 11.7. The van der Waals surface area contributed by atoms with Crippen molar-refractivity contribution in [2.75, 3.05) is 6.54 Å². The molecule has 1 aromatic carbocycles. The monoisotopic (exact) mass is 347 g/mol. The summed E-state index contributed by atoms with van der Waals surface area (Å²) in [7, 11) is 0. The number of benzene rings is 1. The highest BCUT2D eigenvalue weighted by molar-refractivity contribution is 9.11. The van der Waals surface area contributed by atoms with E-state index in [1.165, 1.54) is 6.07 Å². The molecule has 1 aromatic rings. The van der Waals surface area contributed by atoms with Gasteiger partial charge in [0.25, 0.3) is 0 Å². The molecular formula is C12H12Br2FN. The fraction of sp³-hybridized carbons (Fsp3) is 0.333. The first-order chi connectivity index (χ1) is 7.58. The fourth-order valence-corrected chi connectivity index (χ4v) is 2.70. The van der Waals surface area contributed by atoms with Gasteiger partial charge in [-0.2, -0.15) is 0 Å². The van der Waals surface area contributed by atoms with Gasteiger partial charge in [0.2, 0.25) is 0 Å². The van der Waals surface area contributed by atoms with E-state index in [4.69, 9.17) is 0 Å². The lowest BCUT2D eigenvalue weighted by molar-refractivity contribution is 0.562. The van der Waals surface area contributed by atoms with Gasteiger partial charge in [0.05, 0.1) is 0 Å². The minimum Gasteiger partial charge on any atom is -0.305 e. The molecule has 2 rings (SSSR count). The van der Waals surface area contributed by atoms with Crippen molar-refractivity contribution in [3.8, 4) is 0 Å². The van der Waals surface area contributed by atoms with Gasteiger partial charge in [-0.15, -0.1) is 0 Å². The summed E-state index contributed by atoms with van der Waals surface area (Å²) in [6.45, 7) is 4.48. The minimum absolute atomic E-state index is 0.105. The Bertz CT molecular complexity index is 431. The highest BCUT2D eigenvalue weighted by Gasteiger charge is 2.25. The molecule has 0 saturated carbocycles. The van der Waals surface area contributed by atoms with Gasteiger partial charge in [0, 0.05) is 21.5 Å². The Hall–Kier alpha value is -0.190. The Morgan fingerprint density at radius 1 is 1.56 bits per heavy atom. The lowest BCUT2D eigenvalue weighted by atomic mass is 10.1. The van der Waals surface area contributed by atoms with Crippen LogP contribution in [0.4, 0.5) is 4.39 Å². The van der Waals surface area contributed by atoms with Gasteiger partial charge >= 0.3 is 0 Å². The third kappa shape index (κ3) is 2.55. The Balaban J connectivity index is 2.22. The van der Waals surface area contributed by atoms with Crippen LogP contribution >= 0.6 is 31.9 Å². The number of hydrogen-bond donors (Lipinski definition) is 1. The standard InChI is InChI=1S/C12H12Br2FN/c1-7(13)6-16-12-3-2-9-10(12)4-8(14)5-11(9)15/h4-5,12,16H,1-3,6H2. The molecule has 0 amide bonds. The molecule has 1 unspecified atom stereocenters. The van der Waals surface area contributed by atoms with Crippen LogP contribution in [0.15, 0.2) is 27.7 Å². The number of halogens is 3. The van der Waals surface area contributed by atoms with Crippen molar-refractivity contribution >= 4 is 31.9 Å². The van der Waals surface area contributed by atoms with E-state index in [2.05, 4.69) is 43.8 Å². The van der Waals surface area contributed by atoms with E-state index >= 15 is 0 Å². The molecule has 1 nitrogen and oxygen atoms in total. The van der Waals surface area contributed by atoms with E-state index in [1.807, 2.05) is 6.07 Å². The maximum Gasteiger partial charge on any atom is 0.127 e. The average Bonchev–Trinajstić information content (AvgIpc) is 2.58. The van der Waals surface area contributed by atoms with Crippen LogP contribution in [-0.4, -0.2) is 6.54 Å². The summed E-state index contributed by atoms with van der Waals surface area (Å²) in [4.78, 5) is 0. The zero-order valence-electron chi connectivity index (χ0n) is 8.69. The molecule has 0 aliphatic heterocycles. The van der Waals surface area contributed by atoms with Crippen LogP contribution in [0.5, 0.6) is 0 Å². The fourth-order valence-electron chi connectivity index (χ4n) is 2.09. The second-order valence-corrected chi connectivity index (χ2v) is 5.98. The summed E-state index contributed by atoms with van der Waals surface area (Å²) in [5.41, 5.74) is 1.92. The van der Waals surface area contributed by atoms with Gasteiger partial charge in [-0.3, -0.25) is 0 Å². The van der Waals surface area contributed by atoms with Gasteiger partial charge in [0.1, 0.15) is 5.82 Å². The van der Waals surface area contributed by atoms with Crippen LogP contribution in [0.1, 0.15) is 23.6 Å². The molecule has 1 atom stereocenters. The van der Waals surface area contributed by atoms with E-state index in [0.29, 0.717) is 6.54 Å². The molecule has 16 heavy (non-hydrogen) atoms. The zero-order valence-corrected chi connectivity index (χ0v) is 11.9. The smallest absolute Gasteiger partial charge is 0.127 e. The van der Waals surface area contributed by atoms with Crippen LogP contribution in [-0.2, 0) is 6.42 Å². The predicted molar refractivity (Wildman–Crippen MR) is 71.2 cm³/mol. The van der Waals surface area contributed by atoms with Gasteiger partial charge in [-0.05, 0) is 36.1 Å². The maximum atomic E-state index is 13.6. The first kappa shape index (κ1) is 12.3. The molecule has 0 fully saturated rings. The summed E-state index contributed by atoms with van der Waals surface area (Å²) in [6, 6.07) is 3.77. The first-order valence-corrected chi connectivity index (χ1v) is 6.71. The molecular weight excluding hydrogens is 337 g/mol. The van der Waals surface area contributed by atoms with Gasteiger partial charge in [-0.25, -0.2) is 4.39 Å². The molecule has 1 aliphatic rings. The van der Waals surface area contributed by atoms with Gasteiger partial charge in [-0.1, -0.05) is 38.4 Å². The molecule has 0 aromatic heterocycles. The number of nitrogens with one attached hydrogen (secondary N) is 1. The van der Waals surface area contributed by atoms with Crippen LogP contribution in [0, 0.1) is 5.82 Å². The normalized spacial score (nSPS) is 18.6. The third-order valence-electron chi connectivity index (χ3n) is 2.79. The molecule has 4 heteroatoms. The lowest BCUT2D eigenvalue weighted by Crippen LogP contribution is -2.20. The quantitative estimate of drug-likeness (QED) is 0.868. The lowest BCUT2D eigenvalue weighted by Gasteiger charge is -2.14. The minimum atomic E-state index is -0.105. The van der Waals surface area contributed by atoms with Crippen molar-refractivity contribution in [2.45, 2.75) is 18.9 Å². The summed E-state index contributed by atoms with van der Waals surface area (Å²) in [6.07, 6.45) is 1.75. The van der Waals surface area contributed by atoms with Crippen molar-refractivity contribution in [2.24, 2.45) is 0 Å². The Labute approximate surface area is 111 Å². The number of rotatable bonds is 3. The summed E-state index contributed by atoms with van der Waals surface area (Å²) < 4.78 is 15.4. The Morgan fingerprint density at radius 3 is 3.00 bits per heavy atom. The van der Waals surface area contributed by atoms with Crippen molar-refractivity contribution < 1.29 is 4.39 Å². The first-order valence-electron chi connectivity index (χ1n) is 5.12. The van der Waals surface area contributed by atoms with Crippen LogP contribution in [0.25, 0.3) is 0 Å². The second-order valence-electron chi connectivity index (χ2n) is 3.94. The topological polar surface area (TPSA) is 12.0 Å². The van der Waals surface area contributed by atoms with Gasteiger partial charge < -0.3 is 5.32 Å². The highest BCUT2D eigenvalue weighted by atomic mass is 79.9. The third-order valence-corrected chi connectivity index (χ3v) is 3.53. The summed E-state index contributed by atoms with van der Waals surface area (Å²) in [5.74, 6) is -0.105. The highest BCUT2D eigenvalue weighted by Crippen LogP contribution is 2.35. The van der Waals surface area contributed by atoms with E-state index < -0.39 is 0 Å². The maximum absolute atomic E-state index is 13.6. The molecule has 0 saturated heterocycles. The molecule has 0 spiro atoms. The van der Waals surface area contributed by atoms with E-state index in [9.17, 15) is 4.39 Å². The van der Waals surface area contributed by atoms with Crippen LogP contribution < -0.4 is 5.32 Å². The SMILES string of the molecule is C=C(Br)CNC1CCc2c(F)cc(Br)cc21.